The first-order valence-electron chi connectivity index (χ1n) is 3.97. The minimum absolute atomic E-state index is 0.0289. The van der Waals surface area contributed by atoms with Gasteiger partial charge in [-0.1, -0.05) is 6.92 Å². The Bertz CT molecular complexity index is 194. The molecule has 0 bridgehead atoms. The molecule has 0 N–H and O–H groups in total. The lowest BCUT2D eigenvalue weighted by atomic mass is 9.89. The number of hydrogen-bond donors (Lipinski definition) is 0. The average Bonchev–Trinajstić information content (AvgIpc) is 1.82. The Morgan fingerprint density at radius 3 is 1.92 bits per heavy atom. The van der Waals surface area contributed by atoms with Crippen LogP contribution in [-0.2, 0) is 14.3 Å². The van der Waals surface area contributed by atoms with Crippen molar-refractivity contribution < 1.29 is 14.3 Å². The Morgan fingerprint density at radius 2 is 1.67 bits per heavy atom. The largest absolute Gasteiger partial charge is 0.459 e. The second kappa shape index (κ2) is 3.70. The van der Waals surface area contributed by atoms with Gasteiger partial charge in [-0.05, 0) is 20.8 Å². The Balaban J connectivity index is 4.38. The molecule has 0 heterocycles. The van der Waals surface area contributed by atoms with Gasteiger partial charge in [0.2, 0.25) is 0 Å². The molecule has 3 nitrogen and oxygen atoms in total. The molecule has 0 aromatic rings. The van der Waals surface area contributed by atoms with E-state index in [0.717, 1.165) is 0 Å². The van der Waals surface area contributed by atoms with Gasteiger partial charge in [0, 0.05) is 6.92 Å². The van der Waals surface area contributed by atoms with Crippen molar-refractivity contribution in [3.63, 3.8) is 0 Å². The fraction of sp³-hybridized carbons (Fsp3) is 0.778. The number of rotatable bonds is 3. The van der Waals surface area contributed by atoms with Gasteiger partial charge in [-0.25, -0.2) is 0 Å². The summed E-state index contributed by atoms with van der Waals surface area (Å²) in [6.45, 7) is 8.07. The Labute approximate surface area is 73.1 Å². The predicted molar refractivity (Wildman–Crippen MR) is 45.7 cm³/mol. The highest BCUT2D eigenvalue weighted by Gasteiger charge is 2.31. The molecule has 0 aromatic carbocycles. The third-order valence-electron chi connectivity index (χ3n) is 2.06. The monoisotopic (exact) mass is 172 g/mol. The van der Waals surface area contributed by atoms with E-state index in [0.29, 0.717) is 0 Å². The van der Waals surface area contributed by atoms with Gasteiger partial charge in [0.05, 0.1) is 5.92 Å². The molecule has 0 saturated carbocycles. The van der Waals surface area contributed by atoms with E-state index in [1.54, 1.807) is 20.8 Å². The maximum absolute atomic E-state index is 11.0. The van der Waals surface area contributed by atoms with Gasteiger partial charge in [-0.3, -0.25) is 9.59 Å². The van der Waals surface area contributed by atoms with E-state index in [1.165, 1.54) is 13.8 Å². The number of carbonyl (C=O) groups is 2. The number of ketones is 1. The molecule has 1 atom stereocenters. The summed E-state index contributed by atoms with van der Waals surface area (Å²) in [6, 6.07) is 0. The highest BCUT2D eigenvalue weighted by Crippen LogP contribution is 2.21. The topological polar surface area (TPSA) is 43.4 Å². The molecule has 70 valence electrons. The van der Waals surface area contributed by atoms with Crippen LogP contribution >= 0.6 is 0 Å². The van der Waals surface area contributed by atoms with Crippen molar-refractivity contribution >= 4 is 11.8 Å². The van der Waals surface area contributed by atoms with Crippen LogP contribution in [-0.4, -0.2) is 17.4 Å². The van der Waals surface area contributed by atoms with Gasteiger partial charge in [0.15, 0.2) is 0 Å². The smallest absolute Gasteiger partial charge is 0.303 e. The van der Waals surface area contributed by atoms with E-state index < -0.39 is 5.60 Å². The predicted octanol–water partition coefficient (Wildman–Crippen LogP) is 1.55. The van der Waals surface area contributed by atoms with Crippen LogP contribution in [0.4, 0.5) is 0 Å². The van der Waals surface area contributed by atoms with E-state index in [-0.39, 0.29) is 17.7 Å². The van der Waals surface area contributed by atoms with Crippen LogP contribution < -0.4 is 0 Å². The first-order valence-corrected chi connectivity index (χ1v) is 3.97. The van der Waals surface area contributed by atoms with Crippen LogP contribution in [0.1, 0.15) is 34.6 Å². The molecule has 0 aliphatic carbocycles. The number of hydrogen-bond acceptors (Lipinski definition) is 3. The molecule has 0 spiro atoms. The molecule has 0 amide bonds. The van der Waals surface area contributed by atoms with Crippen molar-refractivity contribution in [2.75, 3.05) is 0 Å². The van der Waals surface area contributed by atoms with Crippen molar-refractivity contribution in [2.45, 2.75) is 40.2 Å². The zero-order valence-electron chi connectivity index (χ0n) is 8.30. The number of Topliss-reactive ketones (excluding diaryl/α,β-unsaturated/α-hetero) is 1. The zero-order chi connectivity index (χ0) is 9.94. The van der Waals surface area contributed by atoms with Gasteiger partial charge < -0.3 is 4.74 Å². The Morgan fingerprint density at radius 1 is 1.25 bits per heavy atom. The lowest BCUT2D eigenvalue weighted by Gasteiger charge is -2.29. The molecule has 3 heteroatoms. The summed E-state index contributed by atoms with van der Waals surface area (Å²) < 4.78 is 5.00. The van der Waals surface area contributed by atoms with Crippen molar-refractivity contribution in [1.29, 1.82) is 0 Å². The lowest BCUT2D eigenvalue weighted by Crippen LogP contribution is -2.38. The Hall–Kier alpha value is -0.860. The first kappa shape index (κ1) is 11.1. The minimum Gasteiger partial charge on any atom is -0.459 e. The van der Waals surface area contributed by atoms with Crippen molar-refractivity contribution in [3.05, 3.63) is 0 Å². The second-order valence-electron chi connectivity index (χ2n) is 3.53. The standard InChI is InChI=1S/C9H16O3/c1-6(7(2)10)9(4,5)12-8(3)11/h6H,1-5H3. The van der Waals surface area contributed by atoms with Gasteiger partial charge in [-0.2, -0.15) is 0 Å². The third-order valence-corrected chi connectivity index (χ3v) is 2.06. The molecule has 0 rings (SSSR count). The van der Waals surface area contributed by atoms with Crippen LogP contribution in [0.25, 0.3) is 0 Å². The van der Waals surface area contributed by atoms with E-state index in [9.17, 15) is 9.59 Å². The van der Waals surface area contributed by atoms with Crippen LogP contribution in [0.3, 0.4) is 0 Å². The molecule has 0 radical (unpaired) electrons. The fourth-order valence-corrected chi connectivity index (χ4v) is 0.948. The van der Waals surface area contributed by atoms with Gasteiger partial charge >= 0.3 is 5.97 Å². The maximum atomic E-state index is 11.0. The summed E-state index contributed by atoms with van der Waals surface area (Å²) in [5.41, 5.74) is -0.697. The molecule has 0 aliphatic heterocycles. The Kier molecular flexibility index (Phi) is 3.43. The van der Waals surface area contributed by atoms with E-state index >= 15 is 0 Å². The van der Waals surface area contributed by atoms with E-state index in [4.69, 9.17) is 4.74 Å². The summed E-state index contributed by atoms with van der Waals surface area (Å²) in [7, 11) is 0. The van der Waals surface area contributed by atoms with Crippen molar-refractivity contribution in [3.8, 4) is 0 Å². The molecule has 0 aliphatic rings. The van der Waals surface area contributed by atoms with E-state index in [2.05, 4.69) is 0 Å². The summed E-state index contributed by atoms with van der Waals surface area (Å²) in [5, 5.41) is 0. The summed E-state index contributed by atoms with van der Waals surface area (Å²) in [5.74, 6) is -0.587. The lowest BCUT2D eigenvalue weighted by molar-refractivity contribution is -0.160. The number of esters is 1. The van der Waals surface area contributed by atoms with Gasteiger partial charge in [0.25, 0.3) is 0 Å². The summed E-state index contributed by atoms with van der Waals surface area (Å²) in [6.07, 6.45) is 0. The highest BCUT2D eigenvalue weighted by atomic mass is 16.6. The summed E-state index contributed by atoms with van der Waals surface area (Å²) >= 11 is 0. The van der Waals surface area contributed by atoms with Crippen molar-refractivity contribution in [2.24, 2.45) is 5.92 Å². The molecule has 0 aromatic heterocycles. The maximum Gasteiger partial charge on any atom is 0.303 e. The SMILES string of the molecule is CC(=O)OC(C)(C)C(C)C(C)=O. The molecule has 0 fully saturated rings. The molecular weight excluding hydrogens is 156 g/mol. The van der Waals surface area contributed by atoms with Gasteiger partial charge in [-0.15, -0.1) is 0 Å². The highest BCUT2D eigenvalue weighted by molar-refractivity contribution is 5.79. The van der Waals surface area contributed by atoms with E-state index in [1.807, 2.05) is 0 Å². The normalized spacial score (nSPS) is 13.8. The fourth-order valence-electron chi connectivity index (χ4n) is 0.948. The first-order chi connectivity index (χ1) is 5.27. The van der Waals surface area contributed by atoms with Crippen LogP contribution in [0.2, 0.25) is 0 Å². The number of carbonyl (C=O) groups excluding carboxylic acids is 2. The third kappa shape index (κ3) is 3.03. The van der Waals surface area contributed by atoms with Crippen LogP contribution in [0.15, 0.2) is 0 Å². The average molecular weight is 172 g/mol. The second-order valence-corrected chi connectivity index (χ2v) is 3.53. The van der Waals surface area contributed by atoms with Crippen LogP contribution in [0, 0.1) is 5.92 Å². The summed E-state index contributed by atoms with van der Waals surface area (Å²) in [4.78, 5) is 21.6. The molecule has 0 saturated heterocycles. The molecule has 1 unspecified atom stereocenters. The quantitative estimate of drug-likeness (QED) is 0.607. The number of ether oxygens (including phenoxy) is 1. The molecular formula is C9H16O3. The minimum atomic E-state index is -0.697. The van der Waals surface area contributed by atoms with Crippen LogP contribution in [0.5, 0.6) is 0 Å². The zero-order valence-corrected chi connectivity index (χ0v) is 8.30. The molecule has 12 heavy (non-hydrogen) atoms. The van der Waals surface area contributed by atoms with Gasteiger partial charge in [0.1, 0.15) is 11.4 Å². The van der Waals surface area contributed by atoms with Crippen molar-refractivity contribution in [1.82, 2.24) is 0 Å².